The number of rotatable bonds is 8. The number of carbonyl (C=O) groups excluding carboxylic acids is 2. The predicted molar refractivity (Wildman–Crippen MR) is 126 cm³/mol. The van der Waals surface area contributed by atoms with Gasteiger partial charge in [0.2, 0.25) is 5.91 Å². The third kappa shape index (κ3) is 5.72. The average Bonchev–Trinajstić information content (AvgIpc) is 2.79. The van der Waals surface area contributed by atoms with Crippen LogP contribution in [-0.4, -0.2) is 26.0 Å². The highest BCUT2D eigenvalue weighted by Crippen LogP contribution is 2.36. The van der Waals surface area contributed by atoms with Crippen LogP contribution in [0.3, 0.4) is 0 Å². The number of methoxy groups -OCH3 is 2. The lowest BCUT2D eigenvalue weighted by Gasteiger charge is -2.20. The molecule has 0 fully saturated rings. The first-order chi connectivity index (χ1) is 15.4. The van der Waals surface area contributed by atoms with Crippen molar-refractivity contribution in [2.24, 2.45) is 0 Å². The smallest absolute Gasteiger partial charge is 0.253 e. The number of hydrogen-bond acceptors (Lipinski definition) is 4. The molecule has 1 unspecified atom stereocenters. The molecule has 3 aromatic rings. The molecule has 0 aromatic heterocycles. The second kappa shape index (κ2) is 10.9. The van der Waals surface area contributed by atoms with Gasteiger partial charge >= 0.3 is 0 Å². The number of amides is 2. The number of anilines is 1. The third-order valence-corrected chi connectivity index (χ3v) is 5.39. The van der Waals surface area contributed by atoms with Gasteiger partial charge in [-0.1, -0.05) is 65.7 Å². The Kier molecular flexibility index (Phi) is 7.98. The van der Waals surface area contributed by atoms with Crippen LogP contribution >= 0.6 is 23.2 Å². The van der Waals surface area contributed by atoms with Gasteiger partial charge in [-0.25, -0.2) is 0 Å². The fourth-order valence-corrected chi connectivity index (χ4v) is 3.63. The minimum absolute atomic E-state index is 0.0208. The van der Waals surface area contributed by atoms with E-state index in [0.717, 1.165) is 5.56 Å². The summed E-state index contributed by atoms with van der Waals surface area (Å²) < 4.78 is 10.5. The molecule has 32 heavy (non-hydrogen) atoms. The molecule has 3 aromatic carbocycles. The summed E-state index contributed by atoms with van der Waals surface area (Å²) in [6, 6.07) is 18.5. The van der Waals surface area contributed by atoms with Crippen LogP contribution in [0, 0.1) is 0 Å². The van der Waals surface area contributed by atoms with Crippen LogP contribution in [0.15, 0.2) is 66.7 Å². The van der Waals surface area contributed by atoms with Crippen molar-refractivity contribution in [2.75, 3.05) is 19.5 Å². The van der Waals surface area contributed by atoms with E-state index in [1.807, 2.05) is 30.3 Å². The van der Waals surface area contributed by atoms with Gasteiger partial charge < -0.3 is 20.1 Å². The molecule has 166 valence electrons. The quantitative estimate of drug-likeness (QED) is 0.452. The van der Waals surface area contributed by atoms with Crippen molar-refractivity contribution >= 4 is 40.7 Å². The maximum absolute atomic E-state index is 12.9. The summed E-state index contributed by atoms with van der Waals surface area (Å²) in [5, 5.41) is 6.36. The second-order valence-corrected chi connectivity index (χ2v) is 7.67. The van der Waals surface area contributed by atoms with Crippen LogP contribution < -0.4 is 20.1 Å². The average molecular weight is 473 g/mol. The molecule has 8 heteroatoms. The fraction of sp³-hybridized carbons (Fsp3) is 0.167. The molecule has 3 rings (SSSR count). The molecule has 0 saturated heterocycles. The zero-order valence-electron chi connectivity index (χ0n) is 17.5. The third-order valence-electron chi connectivity index (χ3n) is 4.76. The summed E-state index contributed by atoms with van der Waals surface area (Å²) in [6.45, 7) is 0. The van der Waals surface area contributed by atoms with Gasteiger partial charge in [0, 0.05) is 6.07 Å². The summed E-state index contributed by atoms with van der Waals surface area (Å²) in [7, 11) is 2.97. The molecule has 0 spiro atoms. The van der Waals surface area contributed by atoms with Gasteiger partial charge in [-0.05, 0) is 23.8 Å². The molecule has 2 N–H and O–H groups in total. The summed E-state index contributed by atoms with van der Waals surface area (Å²) >= 11 is 12.4. The minimum atomic E-state index is -0.584. The fourth-order valence-electron chi connectivity index (χ4n) is 3.16. The Hall–Kier alpha value is -3.22. The molecule has 0 bridgehead atoms. The SMILES string of the molecule is COc1cc(OC)c(NC(=O)CC(NC(=O)c2ccccc2Cl)c2ccccc2)cc1Cl. The molecule has 0 saturated carbocycles. The second-order valence-electron chi connectivity index (χ2n) is 6.86. The Bertz CT molecular complexity index is 1110. The van der Waals surface area contributed by atoms with Crippen molar-refractivity contribution in [3.63, 3.8) is 0 Å². The Labute approximate surface area is 196 Å². The van der Waals surface area contributed by atoms with Crippen LogP contribution in [0.5, 0.6) is 11.5 Å². The van der Waals surface area contributed by atoms with Crippen molar-refractivity contribution in [2.45, 2.75) is 12.5 Å². The normalized spacial score (nSPS) is 11.4. The topological polar surface area (TPSA) is 76.7 Å². The zero-order valence-corrected chi connectivity index (χ0v) is 19.0. The first kappa shape index (κ1) is 23.4. The lowest BCUT2D eigenvalue weighted by atomic mass is 10.0. The Morgan fingerprint density at radius 1 is 0.875 bits per heavy atom. The number of nitrogens with one attached hydrogen (secondary N) is 2. The molecule has 0 radical (unpaired) electrons. The molecular weight excluding hydrogens is 451 g/mol. The predicted octanol–water partition coefficient (Wildman–Crippen LogP) is 5.51. The lowest BCUT2D eigenvalue weighted by Crippen LogP contribution is -2.31. The number of ether oxygens (including phenoxy) is 2. The van der Waals surface area contributed by atoms with Crippen molar-refractivity contribution in [3.05, 3.63) is 87.9 Å². The van der Waals surface area contributed by atoms with Crippen molar-refractivity contribution in [1.82, 2.24) is 5.32 Å². The van der Waals surface area contributed by atoms with Gasteiger partial charge in [0.05, 0.1) is 48.0 Å². The van der Waals surface area contributed by atoms with E-state index in [1.54, 1.807) is 36.4 Å². The van der Waals surface area contributed by atoms with Crippen LogP contribution in [0.1, 0.15) is 28.4 Å². The standard InChI is InChI=1S/C24H22Cl2N2O4/c1-31-21-14-22(32-2)20(12-18(21)26)27-23(29)13-19(15-8-4-3-5-9-15)28-24(30)16-10-6-7-11-17(16)25/h3-12,14,19H,13H2,1-2H3,(H,27,29)(H,28,30). The van der Waals surface area contributed by atoms with Gasteiger partial charge in [-0.2, -0.15) is 0 Å². The molecule has 0 aliphatic heterocycles. The Morgan fingerprint density at radius 2 is 1.53 bits per heavy atom. The highest BCUT2D eigenvalue weighted by Gasteiger charge is 2.21. The van der Waals surface area contributed by atoms with E-state index in [1.165, 1.54) is 14.2 Å². The van der Waals surface area contributed by atoms with Crippen molar-refractivity contribution in [3.8, 4) is 11.5 Å². The van der Waals surface area contributed by atoms with Gasteiger partial charge in [0.15, 0.2) is 0 Å². The van der Waals surface area contributed by atoms with E-state index < -0.39 is 6.04 Å². The highest BCUT2D eigenvalue weighted by atomic mass is 35.5. The summed E-state index contributed by atoms with van der Waals surface area (Å²) in [5.74, 6) is 0.117. The summed E-state index contributed by atoms with van der Waals surface area (Å²) in [4.78, 5) is 25.7. The maximum Gasteiger partial charge on any atom is 0.253 e. The van der Waals surface area contributed by atoms with E-state index in [4.69, 9.17) is 32.7 Å². The van der Waals surface area contributed by atoms with E-state index in [-0.39, 0.29) is 18.2 Å². The lowest BCUT2D eigenvalue weighted by molar-refractivity contribution is -0.116. The van der Waals surface area contributed by atoms with Crippen LogP contribution in [0.2, 0.25) is 10.0 Å². The number of carbonyl (C=O) groups is 2. The molecule has 1 atom stereocenters. The molecular formula is C24H22Cl2N2O4. The maximum atomic E-state index is 12.9. The van der Waals surface area contributed by atoms with E-state index >= 15 is 0 Å². The summed E-state index contributed by atoms with van der Waals surface area (Å²) in [5.41, 5.74) is 1.51. The molecule has 0 aliphatic rings. The first-order valence-electron chi connectivity index (χ1n) is 9.74. The summed E-state index contributed by atoms with van der Waals surface area (Å²) in [6.07, 6.45) is -0.0208. The monoisotopic (exact) mass is 472 g/mol. The van der Waals surface area contributed by atoms with Gasteiger partial charge in [-0.3, -0.25) is 9.59 Å². The van der Waals surface area contributed by atoms with Crippen molar-refractivity contribution < 1.29 is 19.1 Å². The van der Waals surface area contributed by atoms with Crippen molar-refractivity contribution in [1.29, 1.82) is 0 Å². The first-order valence-corrected chi connectivity index (χ1v) is 10.5. The number of benzene rings is 3. The van der Waals surface area contributed by atoms with Gasteiger partial charge in [0.1, 0.15) is 11.5 Å². The van der Waals surface area contributed by atoms with Crippen LogP contribution in [0.25, 0.3) is 0 Å². The highest BCUT2D eigenvalue weighted by molar-refractivity contribution is 6.34. The van der Waals surface area contributed by atoms with E-state index in [2.05, 4.69) is 10.6 Å². The van der Waals surface area contributed by atoms with Crippen LogP contribution in [0.4, 0.5) is 5.69 Å². The molecule has 0 aliphatic carbocycles. The number of hydrogen-bond donors (Lipinski definition) is 2. The molecule has 0 heterocycles. The van der Waals surface area contributed by atoms with E-state index in [0.29, 0.717) is 32.8 Å². The van der Waals surface area contributed by atoms with Gasteiger partial charge in [0.25, 0.3) is 5.91 Å². The molecule has 2 amide bonds. The largest absolute Gasteiger partial charge is 0.495 e. The molecule has 6 nitrogen and oxygen atoms in total. The van der Waals surface area contributed by atoms with E-state index in [9.17, 15) is 9.59 Å². The van der Waals surface area contributed by atoms with Crippen LogP contribution in [-0.2, 0) is 4.79 Å². The Morgan fingerprint density at radius 3 is 2.19 bits per heavy atom. The minimum Gasteiger partial charge on any atom is -0.495 e. The number of halogens is 2. The zero-order chi connectivity index (χ0) is 23.1. The Balaban J connectivity index is 1.81. The van der Waals surface area contributed by atoms with Gasteiger partial charge in [-0.15, -0.1) is 0 Å².